The molecule has 3 N–H and O–H groups in total. The second-order valence-corrected chi connectivity index (χ2v) is 19.2. The van der Waals surface area contributed by atoms with Crippen molar-refractivity contribution < 1.29 is 53.8 Å². The number of aromatic nitrogens is 6. The van der Waals surface area contributed by atoms with E-state index in [2.05, 4.69) is 45.4 Å². The number of nitrogens with zero attached hydrogens (tertiary/aromatic N) is 7. The van der Waals surface area contributed by atoms with Crippen LogP contribution in [0.1, 0.15) is 61.3 Å². The number of halogens is 6. The first-order valence-corrected chi connectivity index (χ1v) is 24.7. The van der Waals surface area contributed by atoms with Crippen molar-refractivity contribution in [1.29, 1.82) is 0 Å². The number of hydrogen-bond acceptors (Lipinski definition) is 11. The molecule has 0 atom stereocenters. The molecule has 2 aromatic carbocycles. The molecular weight excluding hydrogens is 947 g/mol. The smallest absolute Gasteiger partial charge is 0.406 e. The van der Waals surface area contributed by atoms with Crippen LogP contribution in [0.25, 0.3) is 22.3 Å². The molecule has 2 amide bonds. The zero-order chi connectivity index (χ0) is 49.9. The third kappa shape index (κ3) is 15.3. The fourth-order valence-electron chi connectivity index (χ4n) is 8.36. The molecule has 70 heavy (non-hydrogen) atoms. The molecule has 0 bridgehead atoms. The molecule has 2 fully saturated rings. The van der Waals surface area contributed by atoms with Crippen LogP contribution in [-0.2, 0) is 45.5 Å². The predicted octanol–water partition coefficient (Wildman–Crippen LogP) is 6.53. The standard InChI is InChI=1S/C24H28F3N5O4S.C23H26F3N5O2/c1-37(34,35)31-13-10-17(11-14-31)15-29-22(33)9-8-21-30-20-3-2-12-28-23(20)32(21)16-18-4-6-19(7-5-18)36-24(25,26)27;24-23(25,26)33-18-5-3-17(4-6-18)15-31-20(30-19-2-1-11-28-22(19)31)7-8-21(32)29-14-16-9-12-27-13-10-16/h2-7,12,17H,8-11,13-16H2,1H3,(H,29,33);1-6,11,16,27H,7-10,12-15H2,(H,29,32). The number of carbonyl (C=O) groups excluding carboxylic acids is 2. The fourth-order valence-corrected chi connectivity index (χ4v) is 9.23. The van der Waals surface area contributed by atoms with E-state index in [9.17, 15) is 44.3 Å². The lowest BCUT2D eigenvalue weighted by Crippen LogP contribution is -2.41. The van der Waals surface area contributed by atoms with E-state index in [4.69, 9.17) is 0 Å². The number of pyridine rings is 2. The maximum atomic E-state index is 12.5. The van der Waals surface area contributed by atoms with E-state index < -0.39 is 22.7 Å². The number of aryl methyl sites for hydroxylation is 2. The molecule has 0 unspecified atom stereocenters. The Balaban J connectivity index is 0.000000208. The van der Waals surface area contributed by atoms with Gasteiger partial charge in [-0.3, -0.25) is 9.59 Å². The molecule has 23 heteroatoms. The Morgan fingerprint density at radius 3 is 1.47 bits per heavy atom. The zero-order valence-electron chi connectivity index (χ0n) is 38.3. The number of amides is 2. The van der Waals surface area contributed by atoms with Crippen LogP contribution >= 0.6 is 0 Å². The summed E-state index contributed by atoms with van der Waals surface area (Å²) < 4.78 is 111. The van der Waals surface area contributed by atoms with E-state index in [0.29, 0.717) is 111 Å². The summed E-state index contributed by atoms with van der Waals surface area (Å²) in [6, 6.07) is 18.5. The highest BCUT2D eigenvalue weighted by atomic mass is 32.2. The second kappa shape index (κ2) is 23.1. The summed E-state index contributed by atoms with van der Waals surface area (Å²) >= 11 is 0. The normalized spacial score (nSPS) is 15.4. The van der Waals surface area contributed by atoms with Gasteiger partial charge in [0.25, 0.3) is 0 Å². The quantitative estimate of drug-likeness (QED) is 0.0845. The second-order valence-electron chi connectivity index (χ2n) is 17.2. The number of sulfonamides is 1. The van der Waals surface area contributed by atoms with Gasteiger partial charge in [0, 0.05) is 64.3 Å². The summed E-state index contributed by atoms with van der Waals surface area (Å²) in [7, 11) is -3.19. The third-order valence-electron chi connectivity index (χ3n) is 12.0. The highest BCUT2D eigenvalue weighted by molar-refractivity contribution is 7.88. The number of alkyl halides is 6. The van der Waals surface area contributed by atoms with Gasteiger partial charge in [-0.2, -0.15) is 0 Å². The molecule has 0 aliphatic carbocycles. The molecule has 16 nitrogen and oxygen atoms in total. The van der Waals surface area contributed by atoms with Crippen LogP contribution in [0, 0.1) is 11.8 Å². The summed E-state index contributed by atoms with van der Waals surface area (Å²) in [5.41, 5.74) is 4.15. The summed E-state index contributed by atoms with van der Waals surface area (Å²) in [6.45, 7) is 4.74. The fraction of sp³-hybridized carbons (Fsp3) is 0.447. The molecule has 8 rings (SSSR count). The van der Waals surface area contributed by atoms with Crippen LogP contribution < -0.4 is 25.4 Å². The Morgan fingerprint density at radius 2 is 1.07 bits per heavy atom. The summed E-state index contributed by atoms with van der Waals surface area (Å²) in [5.74, 6) is 1.35. The van der Waals surface area contributed by atoms with Crippen LogP contribution in [0.5, 0.6) is 11.5 Å². The number of carbonyl (C=O) groups is 2. The molecule has 6 aromatic rings. The van der Waals surface area contributed by atoms with Gasteiger partial charge in [-0.1, -0.05) is 24.3 Å². The van der Waals surface area contributed by atoms with Crippen LogP contribution in [0.4, 0.5) is 26.3 Å². The number of imidazole rings is 2. The summed E-state index contributed by atoms with van der Waals surface area (Å²) in [5, 5.41) is 9.28. The molecular formula is C47H54F6N10O6S. The molecule has 2 aliphatic rings. The van der Waals surface area contributed by atoms with E-state index >= 15 is 0 Å². The maximum Gasteiger partial charge on any atom is 0.573 e. The van der Waals surface area contributed by atoms with Gasteiger partial charge in [-0.05, 0) is 110 Å². The summed E-state index contributed by atoms with van der Waals surface area (Å²) in [6.07, 6.45) is -0.185. The van der Waals surface area contributed by atoms with Gasteiger partial charge in [0.2, 0.25) is 21.8 Å². The Morgan fingerprint density at radius 1 is 0.657 bits per heavy atom. The zero-order valence-corrected chi connectivity index (χ0v) is 39.1. The Bertz CT molecular complexity index is 2790. The van der Waals surface area contributed by atoms with Crippen molar-refractivity contribution in [3.05, 3.63) is 108 Å². The van der Waals surface area contributed by atoms with Crippen molar-refractivity contribution >= 4 is 44.2 Å². The SMILES string of the molecule is CS(=O)(=O)N1CCC(CNC(=O)CCc2nc3cccnc3n2Cc2ccc(OC(F)(F)F)cc2)CC1.O=C(CCc1nc2cccnc2n1Cc1ccc(OC(F)(F)F)cc1)NCC1CCNCC1. The number of ether oxygens (including phenoxy) is 2. The van der Waals surface area contributed by atoms with Gasteiger partial charge in [0.05, 0.1) is 19.3 Å². The number of rotatable bonds is 17. The number of benzene rings is 2. The minimum Gasteiger partial charge on any atom is -0.406 e. The minimum atomic E-state index is -4.76. The topological polar surface area (TPSA) is 187 Å². The molecule has 4 aromatic heterocycles. The molecule has 0 spiro atoms. The highest BCUT2D eigenvalue weighted by Crippen LogP contribution is 2.26. The van der Waals surface area contributed by atoms with Gasteiger partial charge in [0.1, 0.15) is 34.2 Å². The first-order chi connectivity index (χ1) is 33.3. The monoisotopic (exact) mass is 1000 g/mol. The van der Waals surface area contributed by atoms with Crippen LogP contribution in [0.3, 0.4) is 0 Å². The molecule has 0 radical (unpaired) electrons. The van der Waals surface area contributed by atoms with Crippen LogP contribution in [0.2, 0.25) is 0 Å². The Labute approximate surface area is 400 Å². The average molecular weight is 1000 g/mol. The minimum absolute atomic E-state index is 0.0197. The van der Waals surface area contributed by atoms with Crippen molar-refractivity contribution in [2.24, 2.45) is 11.8 Å². The van der Waals surface area contributed by atoms with Crippen molar-refractivity contribution in [2.45, 2.75) is 77.2 Å². The predicted molar refractivity (Wildman–Crippen MR) is 247 cm³/mol. The lowest BCUT2D eigenvalue weighted by atomic mass is 9.98. The van der Waals surface area contributed by atoms with Crippen molar-refractivity contribution in [3.63, 3.8) is 0 Å². The molecule has 0 saturated carbocycles. The van der Waals surface area contributed by atoms with Crippen molar-refractivity contribution in [3.8, 4) is 11.5 Å². The maximum absolute atomic E-state index is 12.5. The largest absolute Gasteiger partial charge is 0.573 e. The number of piperidine rings is 2. The highest BCUT2D eigenvalue weighted by Gasteiger charge is 2.32. The van der Waals surface area contributed by atoms with Crippen LogP contribution in [0.15, 0.2) is 85.2 Å². The van der Waals surface area contributed by atoms with E-state index in [1.807, 2.05) is 21.3 Å². The Kier molecular flexibility index (Phi) is 17.0. The van der Waals surface area contributed by atoms with E-state index in [-0.39, 0.29) is 35.7 Å². The van der Waals surface area contributed by atoms with Gasteiger partial charge in [-0.15, -0.1) is 26.3 Å². The van der Waals surface area contributed by atoms with Gasteiger partial charge in [-0.25, -0.2) is 32.7 Å². The van der Waals surface area contributed by atoms with E-state index in [0.717, 1.165) is 37.1 Å². The van der Waals surface area contributed by atoms with Crippen molar-refractivity contribution in [1.82, 2.24) is 49.3 Å². The number of nitrogens with one attached hydrogen (secondary N) is 3. The molecule has 2 aliphatic heterocycles. The van der Waals surface area contributed by atoms with Gasteiger partial charge >= 0.3 is 12.7 Å². The first kappa shape index (κ1) is 51.5. The third-order valence-corrected chi connectivity index (χ3v) is 13.3. The Hall–Kier alpha value is -6.33. The number of fused-ring (bicyclic) bond motifs is 2. The van der Waals surface area contributed by atoms with Crippen LogP contribution in [-0.4, -0.2) is 112 Å². The molecule has 2 saturated heterocycles. The lowest BCUT2D eigenvalue weighted by Gasteiger charge is -2.30. The van der Waals surface area contributed by atoms with E-state index in [1.165, 1.54) is 34.8 Å². The summed E-state index contributed by atoms with van der Waals surface area (Å²) in [4.78, 5) is 43.0. The van der Waals surface area contributed by atoms with Crippen molar-refractivity contribution in [2.75, 3.05) is 45.5 Å². The first-order valence-electron chi connectivity index (χ1n) is 22.8. The van der Waals surface area contributed by atoms with E-state index in [1.54, 1.807) is 48.8 Å². The lowest BCUT2D eigenvalue weighted by molar-refractivity contribution is -0.275. The molecule has 6 heterocycles. The average Bonchev–Trinajstić information content (AvgIpc) is 3.86. The number of hydrogen-bond donors (Lipinski definition) is 3. The van der Waals surface area contributed by atoms with Gasteiger partial charge < -0.3 is 34.6 Å². The molecule has 376 valence electrons. The van der Waals surface area contributed by atoms with Gasteiger partial charge in [0.15, 0.2) is 11.3 Å².